The van der Waals surface area contributed by atoms with Gasteiger partial charge in [0, 0.05) is 15.7 Å². The van der Waals surface area contributed by atoms with Gasteiger partial charge in [-0.15, -0.1) is 11.8 Å². The summed E-state index contributed by atoms with van der Waals surface area (Å²) in [5, 5.41) is 3.64. The van der Waals surface area contributed by atoms with Crippen LogP contribution in [0.1, 0.15) is 5.56 Å². The minimum Gasteiger partial charge on any atom is -0.466 e. The highest BCUT2D eigenvalue weighted by molar-refractivity contribution is 7.98. The summed E-state index contributed by atoms with van der Waals surface area (Å²) in [7, 11) is 2.49. The van der Waals surface area contributed by atoms with Gasteiger partial charge >= 0.3 is 11.9 Å². The lowest BCUT2D eigenvalue weighted by atomic mass is 10.2. The van der Waals surface area contributed by atoms with Crippen molar-refractivity contribution in [3.8, 4) is 0 Å². The largest absolute Gasteiger partial charge is 0.466 e. The van der Waals surface area contributed by atoms with Gasteiger partial charge in [-0.05, 0) is 29.8 Å². The quantitative estimate of drug-likeness (QED) is 0.432. The molecule has 1 N–H and O–H groups in total. The molecule has 2 rings (SSSR count). The van der Waals surface area contributed by atoms with Gasteiger partial charge in [0.1, 0.15) is 5.70 Å². The van der Waals surface area contributed by atoms with Crippen molar-refractivity contribution in [3.05, 3.63) is 70.9 Å². The highest BCUT2D eigenvalue weighted by Gasteiger charge is 2.14. The van der Waals surface area contributed by atoms with Crippen molar-refractivity contribution in [2.24, 2.45) is 0 Å². The van der Waals surface area contributed by atoms with Crippen molar-refractivity contribution in [2.75, 3.05) is 19.5 Å². The molecule has 5 nitrogen and oxygen atoms in total. The Kier molecular flexibility index (Phi) is 7.56. The van der Waals surface area contributed by atoms with E-state index in [0.717, 1.165) is 22.3 Å². The number of esters is 2. The molecule has 0 atom stereocenters. The van der Waals surface area contributed by atoms with Crippen LogP contribution in [0.25, 0.3) is 0 Å². The highest BCUT2D eigenvalue weighted by Crippen LogP contribution is 2.31. The Morgan fingerprint density at radius 1 is 1.08 bits per heavy atom. The minimum atomic E-state index is -0.659. The molecule has 136 valence electrons. The van der Waals surface area contributed by atoms with Gasteiger partial charge in [0.2, 0.25) is 0 Å². The second kappa shape index (κ2) is 9.89. The monoisotopic (exact) mass is 391 g/mol. The van der Waals surface area contributed by atoms with Crippen molar-refractivity contribution in [2.45, 2.75) is 10.6 Å². The fourth-order valence-corrected chi connectivity index (χ4v) is 3.11. The maximum atomic E-state index is 11.9. The molecule has 0 aliphatic carbocycles. The zero-order valence-electron chi connectivity index (χ0n) is 14.3. The maximum absolute atomic E-state index is 11.9. The van der Waals surface area contributed by atoms with E-state index in [-0.39, 0.29) is 5.70 Å². The standard InChI is InChI=1S/C19H18ClNO4S/c1-24-18(22)11-16(19(23)25-2)21-15-5-3-4-6-17(15)26-12-13-7-9-14(20)10-8-13/h3-11,21H,12H2,1-2H3/b16-11+. The van der Waals surface area contributed by atoms with Crippen LogP contribution in [0.2, 0.25) is 5.02 Å². The number of carbonyl (C=O) groups excluding carboxylic acids is 2. The smallest absolute Gasteiger partial charge is 0.354 e. The molecule has 0 heterocycles. The number of hydrogen-bond donors (Lipinski definition) is 1. The Bertz CT molecular complexity index is 805. The average molecular weight is 392 g/mol. The lowest BCUT2D eigenvalue weighted by Gasteiger charge is -2.13. The van der Waals surface area contributed by atoms with Crippen molar-refractivity contribution < 1.29 is 19.1 Å². The number of para-hydroxylation sites is 1. The van der Waals surface area contributed by atoms with E-state index >= 15 is 0 Å². The number of nitrogens with one attached hydrogen (secondary N) is 1. The first-order chi connectivity index (χ1) is 12.5. The van der Waals surface area contributed by atoms with Crippen LogP contribution in [-0.2, 0) is 24.8 Å². The van der Waals surface area contributed by atoms with Crippen molar-refractivity contribution in [1.29, 1.82) is 0 Å². The number of halogens is 1. The van der Waals surface area contributed by atoms with Gasteiger partial charge in [-0.3, -0.25) is 0 Å². The van der Waals surface area contributed by atoms with E-state index in [2.05, 4.69) is 10.1 Å². The van der Waals surface area contributed by atoms with Gasteiger partial charge < -0.3 is 14.8 Å². The predicted octanol–water partition coefficient (Wildman–Crippen LogP) is 4.27. The van der Waals surface area contributed by atoms with E-state index in [0.29, 0.717) is 10.7 Å². The molecule has 0 spiro atoms. The van der Waals surface area contributed by atoms with Crippen LogP contribution in [0.4, 0.5) is 5.69 Å². The third-order valence-corrected chi connectivity index (χ3v) is 4.73. The fraction of sp³-hybridized carbons (Fsp3) is 0.158. The summed E-state index contributed by atoms with van der Waals surface area (Å²) >= 11 is 7.49. The van der Waals surface area contributed by atoms with Gasteiger partial charge in [-0.1, -0.05) is 35.9 Å². The number of carbonyl (C=O) groups is 2. The minimum absolute atomic E-state index is 0.00103. The van der Waals surface area contributed by atoms with Crippen molar-refractivity contribution >= 4 is 41.0 Å². The lowest BCUT2D eigenvalue weighted by Crippen LogP contribution is -2.15. The molecule has 0 fully saturated rings. The van der Waals surface area contributed by atoms with Crippen molar-refractivity contribution in [1.82, 2.24) is 0 Å². The van der Waals surface area contributed by atoms with Crippen LogP contribution in [0.5, 0.6) is 0 Å². The van der Waals surface area contributed by atoms with Crippen LogP contribution < -0.4 is 5.32 Å². The number of benzene rings is 2. The number of thioether (sulfide) groups is 1. The second-order valence-electron chi connectivity index (χ2n) is 5.11. The molecule has 0 unspecified atom stereocenters. The van der Waals surface area contributed by atoms with E-state index in [9.17, 15) is 9.59 Å². The Labute approximate surface area is 161 Å². The Hall–Kier alpha value is -2.44. The Morgan fingerprint density at radius 3 is 2.42 bits per heavy atom. The van der Waals surface area contributed by atoms with Gasteiger partial charge in [0.05, 0.1) is 26.0 Å². The molecule has 2 aromatic carbocycles. The number of methoxy groups -OCH3 is 2. The summed E-state index contributed by atoms with van der Waals surface area (Å²) in [5.74, 6) is -0.582. The summed E-state index contributed by atoms with van der Waals surface area (Å²) in [6, 6.07) is 15.1. The zero-order valence-corrected chi connectivity index (χ0v) is 15.9. The molecule has 0 aliphatic rings. The van der Waals surface area contributed by atoms with Crippen LogP contribution in [0.15, 0.2) is 65.2 Å². The van der Waals surface area contributed by atoms with Crippen molar-refractivity contribution in [3.63, 3.8) is 0 Å². The first-order valence-electron chi connectivity index (χ1n) is 7.64. The Balaban J connectivity index is 2.18. The molecule has 0 radical (unpaired) electrons. The average Bonchev–Trinajstić information content (AvgIpc) is 2.67. The van der Waals surface area contributed by atoms with E-state index in [1.54, 1.807) is 11.8 Å². The normalized spacial score (nSPS) is 11.0. The molecular formula is C19H18ClNO4S. The first-order valence-corrected chi connectivity index (χ1v) is 9.01. The summed E-state index contributed by atoms with van der Waals surface area (Å²) in [5.41, 5.74) is 1.80. The molecule has 7 heteroatoms. The molecule has 26 heavy (non-hydrogen) atoms. The molecule has 0 amide bonds. The molecule has 0 saturated heterocycles. The summed E-state index contributed by atoms with van der Waals surface area (Å²) < 4.78 is 9.29. The number of ether oxygens (including phenoxy) is 2. The van der Waals surface area contributed by atoms with Crippen LogP contribution in [-0.4, -0.2) is 26.2 Å². The SMILES string of the molecule is COC(=O)/C=C(/Nc1ccccc1SCc1ccc(Cl)cc1)C(=O)OC. The lowest BCUT2D eigenvalue weighted by molar-refractivity contribution is -0.138. The zero-order chi connectivity index (χ0) is 18.9. The molecule has 0 saturated carbocycles. The molecule has 2 aromatic rings. The topological polar surface area (TPSA) is 64.6 Å². The summed E-state index contributed by atoms with van der Waals surface area (Å²) in [6.45, 7) is 0. The van der Waals surface area contributed by atoms with E-state index in [1.165, 1.54) is 14.2 Å². The van der Waals surface area contributed by atoms with E-state index in [4.69, 9.17) is 16.3 Å². The van der Waals surface area contributed by atoms with Crippen LogP contribution >= 0.6 is 23.4 Å². The van der Waals surface area contributed by atoms with Gasteiger partial charge in [0.15, 0.2) is 0 Å². The van der Waals surface area contributed by atoms with Crippen LogP contribution in [0, 0.1) is 0 Å². The number of hydrogen-bond acceptors (Lipinski definition) is 6. The van der Waals surface area contributed by atoms with Gasteiger partial charge in [-0.2, -0.15) is 0 Å². The number of anilines is 1. The molecular weight excluding hydrogens is 374 g/mol. The van der Waals surface area contributed by atoms with E-state index in [1.807, 2.05) is 48.5 Å². The molecule has 0 aliphatic heterocycles. The third kappa shape index (κ3) is 5.82. The summed E-state index contributed by atoms with van der Waals surface area (Å²) in [6.07, 6.45) is 1.06. The third-order valence-electron chi connectivity index (χ3n) is 3.33. The summed E-state index contributed by atoms with van der Waals surface area (Å²) in [4.78, 5) is 24.3. The maximum Gasteiger partial charge on any atom is 0.354 e. The molecule has 0 aromatic heterocycles. The number of rotatable bonds is 7. The molecule has 0 bridgehead atoms. The highest BCUT2D eigenvalue weighted by atomic mass is 35.5. The second-order valence-corrected chi connectivity index (χ2v) is 6.56. The first kappa shape index (κ1) is 19.9. The van der Waals surface area contributed by atoms with Gasteiger partial charge in [0.25, 0.3) is 0 Å². The Morgan fingerprint density at radius 2 is 1.77 bits per heavy atom. The van der Waals surface area contributed by atoms with Gasteiger partial charge in [-0.25, -0.2) is 9.59 Å². The van der Waals surface area contributed by atoms with Crippen LogP contribution in [0.3, 0.4) is 0 Å². The fourth-order valence-electron chi connectivity index (χ4n) is 2.02. The predicted molar refractivity (Wildman–Crippen MR) is 103 cm³/mol. The van der Waals surface area contributed by atoms with E-state index < -0.39 is 11.9 Å².